The summed E-state index contributed by atoms with van der Waals surface area (Å²) in [5.41, 5.74) is 2.97. The third kappa shape index (κ3) is 4.42. The summed E-state index contributed by atoms with van der Waals surface area (Å²) >= 11 is 0. The maximum atomic E-state index is 12.7. The molecule has 0 aliphatic carbocycles. The van der Waals surface area contributed by atoms with E-state index in [1.807, 2.05) is 32.6 Å². The third-order valence-electron chi connectivity index (χ3n) is 5.36. The van der Waals surface area contributed by atoms with E-state index in [1.54, 1.807) is 0 Å². The van der Waals surface area contributed by atoms with Gasteiger partial charge in [-0.3, -0.25) is 4.79 Å². The summed E-state index contributed by atoms with van der Waals surface area (Å²) in [5.74, 6) is -0.0396. The van der Waals surface area contributed by atoms with Gasteiger partial charge in [-0.15, -0.1) is 0 Å². The Hall–Kier alpha value is -2.24. The number of benzene rings is 1. The van der Waals surface area contributed by atoms with Crippen molar-refractivity contribution in [1.29, 1.82) is 0 Å². The number of esters is 1. The van der Waals surface area contributed by atoms with Gasteiger partial charge in [-0.2, -0.15) is 0 Å². The Kier molecular flexibility index (Phi) is 5.87. The van der Waals surface area contributed by atoms with E-state index in [9.17, 15) is 9.59 Å². The molecule has 0 unspecified atom stereocenters. The highest BCUT2D eigenvalue weighted by molar-refractivity contribution is 5.78. The first-order chi connectivity index (χ1) is 13.2. The van der Waals surface area contributed by atoms with Crippen molar-refractivity contribution in [3.8, 4) is 0 Å². The molecular formula is C22H32N2O4. The SMILES string of the molecule is CCOC(=O)CN1c2ccc(C)cc2[C@@H]2CN(C(=O)OC(C)(C)C)CCC[C@@H]21. The number of carbonyl (C=O) groups excluding carboxylic acids is 2. The van der Waals surface area contributed by atoms with Gasteiger partial charge in [0.2, 0.25) is 0 Å². The minimum Gasteiger partial charge on any atom is -0.465 e. The number of anilines is 1. The molecule has 1 aromatic carbocycles. The predicted molar refractivity (Wildman–Crippen MR) is 109 cm³/mol. The van der Waals surface area contributed by atoms with Gasteiger partial charge in [0.15, 0.2) is 0 Å². The molecule has 6 heteroatoms. The molecule has 0 aromatic heterocycles. The molecule has 1 aromatic rings. The summed E-state index contributed by atoms with van der Waals surface area (Å²) in [6, 6.07) is 6.55. The van der Waals surface area contributed by atoms with Gasteiger partial charge in [-0.1, -0.05) is 17.7 Å². The molecule has 0 spiro atoms. The zero-order valence-corrected chi connectivity index (χ0v) is 17.7. The molecule has 1 fully saturated rings. The molecule has 154 valence electrons. The quantitative estimate of drug-likeness (QED) is 0.736. The van der Waals surface area contributed by atoms with E-state index < -0.39 is 5.60 Å². The highest BCUT2D eigenvalue weighted by atomic mass is 16.6. The van der Waals surface area contributed by atoms with Crippen molar-refractivity contribution >= 4 is 17.7 Å². The van der Waals surface area contributed by atoms with Crippen LogP contribution < -0.4 is 4.90 Å². The largest absolute Gasteiger partial charge is 0.465 e. The standard InChI is InChI=1S/C22H32N2O4/c1-6-27-20(25)14-24-18-8-7-11-23(21(26)28-22(3,4)5)13-17(18)16-12-15(2)9-10-19(16)24/h9-10,12,17-18H,6-8,11,13-14H2,1-5H3/t17-,18-/m0/s1. The number of likely N-dealkylation sites (tertiary alicyclic amines) is 1. The average molecular weight is 389 g/mol. The smallest absolute Gasteiger partial charge is 0.410 e. The number of nitrogens with zero attached hydrogens (tertiary/aromatic N) is 2. The number of ether oxygens (including phenoxy) is 2. The second kappa shape index (κ2) is 8.02. The Morgan fingerprint density at radius 2 is 2.00 bits per heavy atom. The van der Waals surface area contributed by atoms with Gasteiger partial charge in [0.1, 0.15) is 12.1 Å². The average Bonchev–Trinajstić information content (AvgIpc) is 2.75. The van der Waals surface area contributed by atoms with Crippen LogP contribution in [0, 0.1) is 6.92 Å². The predicted octanol–water partition coefficient (Wildman–Crippen LogP) is 3.86. The lowest BCUT2D eigenvalue weighted by Gasteiger charge is -2.30. The van der Waals surface area contributed by atoms with Gasteiger partial charge in [-0.25, -0.2) is 4.79 Å². The van der Waals surface area contributed by atoms with Crippen molar-refractivity contribution in [3.05, 3.63) is 29.3 Å². The molecule has 0 saturated carbocycles. The number of hydrogen-bond acceptors (Lipinski definition) is 5. The number of fused-ring (bicyclic) bond motifs is 3. The van der Waals surface area contributed by atoms with Gasteiger partial charge < -0.3 is 19.3 Å². The van der Waals surface area contributed by atoms with Crippen molar-refractivity contribution in [3.63, 3.8) is 0 Å². The summed E-state index contributed by atoms with van der Waals surface area (Å²) < 4.78 is 10.8. The first-order valence-corrected chi connectivity index (χ1v) is 10.2. The van der Waals surface area contributed by atoms with Crippen LogP contribution in [0.4, 0.5) is 10.5 Å². The number of carbonyl (C=O) groups is 2. The van der Waals surface area contributed by atoms with E-state index in [4.69, 9.17) is 9.47 Å². The minimum atomic E-state index is -0.511. The van der Waals surface area contributed by atoms with Crippen LogP contribution in [0.15, 0.2) is 18.2 Å². The lowest BCUT2D eigenvalue weighted by Crippen LogP contribution is -2.41. The Balaban J connectivity index is 1.87. The number of amides is 1. The van der Waals surface area contributed by atoms with Gasteiger partial charge >= 0.3 is 12.1 Å². The van der Waals surface area contributed by atoms with E-state index in [1.165, 1.54) is 11.1 Å². The molecule has 2 aliphatic heterocycles. The van der Waals surface area contributed by atoms with Crippen LogP contribution in [0.25, 0.3) is 0 Å². The first kappa shape index (κ1) is 20.5. The van der Waals surface area contributed by atoms with Crippen molar-refractivity contribution < 1.29 is 19.1 Å². The zero-order valence-electron chi connectivity index (χ0n) is 17.7. The molecule has 2 heterocycles. The van der Waals surface area contributed by atoms with Crippen LogP contribution in [0.5, 0.6) is 0 Å². The van der Waals surface area contributed by atoms with E-state index in [-0.39, 0.29) is 30.6 Å². The Morgan fingerprint density at radius 3 is 2.68 bits per heavy atom. The number of aryl methyl sites for hydroxylation is 1. The van der Waals surface area contributed by atoms with Crippen LogP contribution in [-0.2, 0) is 14.3 Å². The Labute approximate surface area is 167 Å². The molecule has 0 bridgehead atoms. The summed E-state index contributed by atoms with van der Waals surface area (Å²) in [7, 11) is 0. The topological polar surface area (TPSA) is 59.1 Å². The second-order valence-electron chi connectivity index (χ2n) is 8.74. The minimum absolute atomic E-state index is 0.166. The Bertz CT molecular complexity index is 741. The van der Waals surface area contributed by atoms with E-state index >= 15 is 0 Å². The molecule has 1 amide bonds. The molecule has 2 atom stereocenters. The first-order valence-electron chi connectivity index (χ1n) is 10.2. The third-order valence-corrected chi connectivity index (χ3v) is 5.36. The van der Waals surface area contributed by atoms with E-state index in [0.29, 0.717) is 19.7 Å². The van der Waals surface area contributed by atoms with E-state index in [0.717, 1.165) is 18.5 Å². The van der Waals surface area contributed by atoms with Crippen molar-refractivity contribution in [2.24, 2.45) is 0 Å². The molecule has 28 heavy (non-hydrogen) atoms. The van der Waals surface area contributed by atoms with Gasteiger partial charge in [0.05, 0.1) is 6.61 Å². The van der Waals surface area contributed by atoms with Crippen LogP contribution in [0.1, 0.15) is 57.6 Å². The normalized spacial score (nSPS) is 21.6. The van der Waals surface area contributed by atoms with Crippen LogP contribution >= 0.6 is 0 Å². The zero-order chi connectivity index (χ0) is 20.5. The molecule has 3 rings (SSSR count). The van der Waals surface area contributed by atoms with Crippen molar-refractivity contribution in [2.75, 3.05) is 31.1 Å². The van der Waals surface area contributed by atoms with E-state index in [2.05, 4.69) is 30.0 Å². The highest BCUT2D eigenvalue weighted by Gasteiger charge is 2.42. The van der Waals surface area contributed by atoms with Gasteiger partial charge in [0.25, 0.3) is 0 Å². The molecule has 0 radical (unpaired) electrons. The maximum Gasteiger partial charge on any atom is 0.410 e. The summed E-state index contributed by atoms with van der Waals surface area (Å²) in [5, 5.41) is 0. The number of rotatable bonds is 3. The fourth-order valence-electron chi connectivity index (χ4n) is 4.27. The van der Waals surface area contributed by atoms with Crippen molar-refractivity contribution in [1.82, 2.24) is 4.90 Å². The molecule has 2 aliphatic rings. The lowest BCUT2D eigenvalue weighted by molar-refractivity contribution is -0.141. The van der Waals surface area contributed by atoms with Crippen LogP contribution in [0.3, 0.4) is 0 Å². The van der Waals surface area contributed by atoms with Gasteiger partial charge in [0, 0.05) is 30.7 Å². The molecule has 6 nitrogen and oxygen atoms in total. The highest BCUT2D eigenvalue weighted by Crippen LogP contribution is 2.44. The molecular weight excluding hydrogens is 356 g/mol. The molecule has 0 N–H and O–H groups in total. The second-order valence-corrected chi connectivity index (χ2v) is 8.74. The molecule has 1 saturated heterocycles. The van der Waals surface area contributed by atoms with Crippen molar-refractivity contribution in [2.45, 2.75) is 65.0 Å². The number of hydrogen-bond donors (Lipinski definition) is 0. The fourth-order valence-corrected chi connectivity index (χ4v) is 4.27. The fraction of sp³-hybridized carbons (Fsp3) is 0.636. The van der Waals surface area contributed by atoms with Crippen LogP contribution in [0.2, 0.25) is 0 Å². The summed E-state index contributed by atoms with van der Waals surface area (Å²) in [4.78, 5) is 28.9. The van der Waals surface area contributed by atoms with Crippen LogP contribution in [-0.4, -0.2) is 54.8 Å². The van der Waals surface area contributed by atoms with Gasteiger partial charge in [-0.05, 0) is 59.1 Å². The Morgan fingerprint density at radius 1 is 1.25 bits per heavy atom. The lowest BCUT2D eigenvalue weighted by atomic mass is 9.92. The monoisotopic (exact) mass is 388 g/mol. The summed E-state index contributed by atoms with van der Waals surface area (Å²) in [6.07, 6.45) is 1.55. The maximum absolute atomic E-state index is 12.7. The summed E-state index contributed by atoms with van der Waals surface area (Å²) in [6.45, 7) is 11.5.